The van der Waals surface area contributed by atoms with Gasteiger partial charge in [-0.2, -0.15) is 0 Å². The normalized spacial score (nSPS) is 11.3. The fourth-order valence-corrected chi connectivity index (χ4v) is 4.45. The van der Waals surface area contributed by atoms with Crippen LogP contribution in [0.2, 0.25) is 0 Å². The molecule has 0 radical (unpaired) electrons. The number of fused-ring (bicyclic) bond motifs is 2. The van der Waals surface area contributed by atoms with E-state index in [2.05, 4.69) is 9.97 Å². The average Bonchev–Trinajstić information content (AvgIpc) is 3.23. The van der Waals surface area contributed by atoms with Crippen molar-refractivity contribution in [3.05, 3.63) is 101 Å². The Labute approximate surface area is 180 Å². The molecule has 0 saturated carbocycles. The number of thioether (sulfide) groups is 1. The van der Waals surface area contributed by atoms with Crippen LogP contribution < -0.4 is 5.56 Å². The summed E-state index contributed by atoms with van der Waals surface area (Å²) < 4.78 is 15.8. The van der Waals surface area contributed by atoms with E-state index in [0.29, 0.717) is 16.5 Å². The van der Waals surface area contributed by atoms with Gasteiger partial charge in [0, 0.05) is 22.7 Å². The Morgan fingerprint density at radius 1 is 0.968 bits per heavy atom. The molecule has 7 heteroatoms. The molecule has 5 aromatic rings. The Bertz CT molecular complexity index is 1510. The average molecular weight is 429 g/mol. The van der Waals surface area contributed by atoms with Gasteiger partial charge in [-0.25, -0.2) is 9.37 Å². The van der Waals surface area contributed by atoms with E-state index in [4.69, 9.17) is 0 Å². The fourth-order valence-electron chi connectivity index (χ4n) is 3.56. The zero-order chi connectivity index (χ0) is 21.4. The number of carbonyl (C=O) groups excluding carboxylic acids is 1. The highest BCUT2D eigenvalue weighted by Crippen LogP contribution is 2.25. The first-order chi connectivity index (χ1) is 15.1. The van der Waals surface area contributed by atoms with Gasteiger partial charge in [0.05, 0.1) is 22.3 Å². The number of nitrogens with zero attached hydrogens (tertiary/aromatic N) is 2. The molecule has 0 atom stereocenters. The molecule has 152 valence electrons. The number of ketones is 1. The van der Waals surface area contributed by atoms with Crippen molar-refractivity contribution in [2.75, 3.05) is 5.75 Å². The highest BCUT2D eigenvalue weighted by atomic mass is 32.2. The lowest BCUT2D eigenvalue weighted by molar-refractivity contribution is 0.102. The number of para-hydroxylation sites is 3. The van der Waals surface area contributed by atoms with Crippen LogP contribution in [0.3, 0.4) is 0 Å². The summed E-state index contributed by atoms with van der Waals surface area (Å²) >= 11 is 1.12. The van der Waals surface area contributed by atoms with Crippen molar-refractivity contribution in [3.8, 4) is 5.69 Å². The molecule has 0 bridgehead atoms. The third kappa shape index (κ3) is 3.43. The van der Waals surface area contributed by atoms with Crippen molar-refractivity contribution in [3.63, 3.8) is 0 Å². The van der Waals surface area contributed by atoms with Gasteiger partial charge < -0.3 is 4.98 Å². The molecule has 0 aliphatic heterocycles. The predicted octanol–water partition coefficient (Wildman–Crippen LogP) is 4.98. The second-order valence-corrected chi connectivity index (χ2v) is 7.91. The Balaban J connectivity index is 1.57. The monoisotopic (exact) mass is 429 g/mol. The molecule has 0 amide bonds. The van der Waals surface area contributed by atoms with E-state index in [9.17, 15) is 14.0 Å². The van der Waals surface area contributed by atoms with Crippen LogP contribution >= 0.6 is 11.8 Å². The van der Waals surface area contributed by atoms with Gasteiger partial charge >= 0.3 is 0 Å². The van der Waals surface area contributed by atoms with Gasteiger partial charge in [-0.05, 0) is 30.3 Å². The molecule has 3 aromatic carbocycles. The number of hydrogen-bond acceptors (Lipinski definition) is 4. The number of Topliss-reactive ketones (excluding diaryl/α,β-unsaturated/α-hetero) is 1. The molecule has 0 aliphatic rings. The van der Waals surface area contributed by atoms with Gasteiger partial charge in [-0.15, -0.1) is 0 Å². The highest BCUT2D eigenvalue weighted by Gasteiger charge is 2.18. The van der Waals surface area contributed by atoms with Crippen molar-refractivity contribution in [2.24, 2.45) is 0 Å². The molecule has 2 aromatic heterocycles. The summed E-state index contributed by atoms with van der Waals surface area (Å²) in [7, 11) is 0. The molecule has 0 saturated heterocycles. The molecule has 2 heterocycles. The number of rotatable bonds is 5. The highest BCUT2D eigenvalue weighted by molar-refractivity contribution is 7.99. The van der Waals surface area contributed by atoms with E-state index in [1.165, 1.54) is 16.7 Å². The van der Waals surface area contributed by atoms with Crippen molar-refractivity contribution < 1.29 is 9.18 Å². The summed E-state index contributed by atoms with van der Waals surface area (Å²) in [6, 6.07) is 20.5. The molecule has 5 nitrogen and oxygen atoms in total. The maximum atomic E-state index is 14.6. The van der Waals surface area contributed by atoms with Gasteiger partial charge in [-0.3, -0.25) is 14.2 Å². The van der Waals surface area contributed by atoms with Crippen molar-refractivity contribution in [1.29, 1.82) is 0 Å². The van der Waals surface area contributed by atoms with Crippen molar-refractivity contribution in [2.45, 2.75) is 5.16 Å². The zero-order valence-electron chi connectivity index (χ0n) is 16.2. The van der Waals surface area contributed by atoms with Crippen molar-refractivity contribution in [1.82, 2.24) is 14.5 Å². The number of benzene rings is 3. The number of halogens is 1. The number of carbonyl (C=O) groups is 1. The molecule has 0 spiro atoms. The van der Waals surface area contributed by atoms with Crippen LogP contribution in [-0.4, -0.2) is 26.1 Å². The van der Waals surface area contributed by atoms with E-state index in [1.807, 2.05) is 24.3 Å². The van der Waals surface area contributed by atoms with Crippen LogP contribution in [0.5, 0.6) is 0 Å². The smallest absolute Gasteiger partial charge is 0.266 e. The van der Waals surface area contributed by atoms with Gasteiger partial charge in [0.25, 0.3) is 5.56 Å². The maximum Gasteiger partial charge on any atom is 0.266 e. The first-order valence-corrected chi connectivity index (χ1v) is 10.6. The van der Waals surface area contributed by atoms with E-state index in [0.717, 1.165) is 22.7 Å². The third-order valence-corrected chi connectivity index (χ3v) is 6.00. The fraction of sp³-hybridized carbons (Fsp3) is 0.0417. The molecule has 0 fully saturated rings. The molecule has 1 N–H and O–H groups in total. The van der Waals surface area contributed by atoms with E-state index >= 15 is 0 Å². The first-order valence-electron chi connectivity index (χ1n) is 9.62. The second kappa shape index (κ2) is 7.85. The summed E-state index contributed by atoms with van der Waals surface area (Å²) in [5.74, 6) is -0.586. The first kappa shape index (κ1) is 19.3. The minimum atomic E-state index is -0.536. The number of nitrogens with one attached hydrogen (secondary N) is 1. The maximum absolute atomic E-state index is 14.6. The molecular formula is C24H16FN3O2S. The largest absolute Gasteiger partial charge is 0.360 e. The van der Waals surface area contributed by atoms with Crippen LogP contribution in [0.4, 0.5) is 4.39 Å². The van der Waals surface area contributed by atoms with Crippen LogP contribution in [-0.2, 0) is 0 Å². The Kier molecular flexibility index (Phi) is 4.88. The number of H-pyrrole nitrogens is 1. The minimum absolute atomic E-state index is 0.0566. The standard InChI is InChI=1S/C24H16FN3O2S/c25-18-9-3-6-12-21(18)28-23(30)16-8-2-5-11-20(16)27-24(28)31-14-22(29)17-13-26-19-10-4-1-7-15(17)19/h1-13,26H,14H2. The Hall–Kier alpha value is -3.71. The predicted molar refractivity (Wildman–Crippen MR) is 121 cm³/mol. The van der Waals surface area contributed by atoms with E-state index in [1.54, 1.807) is 42.6 Å². The Morgan fingerprint density at radius 3 is 2.52 bits per heavy atom. The van der Waals surface area contributed by atoms with Crippen molar-refractivity contribution >= 4 is 39.4 Å². The summed E-state index contributed by atoms with van der Waals surface area (Å²) in [5, 5.41) is 1.49. The van der Waals surface area contributed by atoms with Gasteiger partial charge in [0.15, 0.2) is 10.9 Å². The topological polar surface area (TPSA) is 67.8 Å². The lowest BCUT2D eigenvalue weighted by atomic mass is 10.1. The van der Waals surface area contributed by atoms with Crippen LogP contribution in [0, 0.1) is 5.82 Å². The van der Waals surface area contributed by atoms with Gasteiger partial charge in [-0.1, -0.05) is 54.2 Å². The summed E-state index contributed by atoms with van der Waals surface area (Å²) in [6.45, 7) is 0. The van der Waals surface area contributed by atoms with Gasteiger partial charge in [0.2, 0.25) is 0 Å². The SMILES string of the molecule is O=C(CSc1nc2ccccc2c(=O)n1-c1ccccc1F)c1c[nH]c2ccccc12. The molecule has 0 aliphatic carbocycles. The number of aromatic nitrogens is 3. The van der Waals surface area contributed by atoms with E-state index in [-0.39, 0.29) is 27.9 Å². The summed E-state index contributed by atoms with van der Waals surface area (Å²) in [5.41, 5.74) is 1.68. The lowest BCUT2D eigenvalue weighted by Crippen LogP contribution is -2.23. The van der Waals surface area contributed by atoms with E-state index < -0.39 is 5.82 Å². The minimum Gasteiger partial charge on any atom is -0.360 e. The summed E-state index contributed by atoms with van der Waals surface area (Å²) in [4.78, 5) is 33.8. The zero-order valence-corrected chi connectivity index (χ0v) is 17.0. The molecule has 31 heavy (non-hydrogen) atoms. The molecular weight excluding hydrogens is 413 g/mol. The Morgan fingerprint density at radius 2 is 1.68 bits per heavy atom. The van der Waals surface area contributed by atoms with Gasteiger partial charge in [0.1, 0.15) is 5.82 Å². The third-order valence-electron chi connectivity index (χ3n) is 5.06. The quantitative estimate of drug-likeness (QED) is 0.243. The summed E-state index contributed by atoms with van der Waals surface area (Å²) in [6.07, 6.45) is 1.69. The molecule has 5 rings (SSSR count). The lowest BCUT2D eigenvalue weighted by Gasteiger charge is -2.13. The second-order valence-electron chi connectivity index (χ2n) is 6.96. The van der Waals surface area contributed by atoms with Crippen LogP contribution in [0.15, 0.2) is 88.9 Å². The number of aromatic amines is 1. The van der Waals surface area contributed by atoms with Crippen LogP contribution in [0.25, 0.3) is 27.5 Å². The number of hydrogen-bond donors (Lipinski definition) is 1. The van der Waals surface area contributed by atoms with Crippen LogP contribution in [0.1, 0.15) is 10.4 Å². The molecule has 0 unspecified atom stereocenters.